The van der Waals surface area contributed by atoms with Crippen LogP contribution in [-0.2, 0) is 0 Å². The van der Waals surface area contributed by atoms with E-state index in [0.717, 1.165) is 18.5 Å². The fourth-order valence-corrected chi connectivity index (χ4v) is 2.78. The summed E-state index contributed by atoms with van der Waals surface area (Å²) in [6, 6.07) is 6.48. The third kappa shape index (κ3) is 2.50. The second kappa shape index (κ2) is 5.19. The summed E-state index contributed by atoms with van der Waals surface area (Å²) in [7, 11) is 0. The Morgan fingerprint density at radius 1 is 1.25 bits per heavy atom. The second-order valence-electron chi connectivity index (χ2n) is 5.46. The third-order valence-corrected chi connectivity index (χ3v) is 3.98. The molecule has 1 heterocycles. The van der Waals surface area contributed by atoms with E-state index in [9.17, 15) is 9.18 Å². The normalized spacial score (nSPS) is 15.7. The summed E-state index contributed by atoms with van der Waals surface area (Å²) in [5, 5.41) is 0. The fourth-order valence-electron chi connectivity index (χ4n) is 2.78. The van der Waals surface area contributed by atoms with Crippen molar-refractivity contribution in [1.82, 2.24) is 9.97 Å². The van der Waals surface area contributed by atoms with Crippen LogP contribution in [0.5, 0.6) is 0 Å². The Hall–Kier alpha value is -1.97. The highest BCUT2D eigenvalue weighted by Gasteiger charge is 2.19. The average Bonchev–Trinajstić information content (AvgIpc) is 2.95. The van der Waals surface area contributed by atoms with Crippen molar-refractivity contribution in [2.24, 2.45) is 0 Å². The van der Waals surface area contributed by atoms with Crippen molar-refractivity contribution < 1.29 is 4.39 Å². The lowest BCUT2D eigenvalue weighted by Gasteiger charge is -2.10. The van der Waals surface area contributed by atoms with Crippen molar-refractivity contribution in [3.05, 3.63) is 51.7 Å². The number of nitrogens with zero attached hydrogens (tertiary/aromatic N) is 1. The molecule has 1 aromatic carbocycles. The molecule has 0 bridgehead atoms. The predicted octanol–water partition coefficient (Wildman–Crippen LogP) is 3.54. The molecule has 1 aliphatic carbocycles. The molecule has 1 fully saturated rings. The van der Waals surface area contributed by atoms with Gasteiger partial charge in [-0.25, -0.2) is 9.37 Å². The maximum absolute atomic E-state index is 13.6. The highest BCUT2D eigenvalue weighted by molar-refractivity contribution is 5.55. The zero-order valence-electron chi connectivity index (χ0n) is 11.4. The van der Waals surface area contributed by atoms with Crippen LogP contribution in [-0.4, -0.2) is 9.97 Å². The minimum atomic E-state index is -0.281. The SMILES string of the molecule is Cc1ccc(-c2nc(C3CCCC3)cc(=O)[nH]2)cc1F. The van der Waals surface area contributed by atoms with E-state index in [1.165, 1.54) is 18.9 Å². The summed E-state index contributed by atoms with van der Waals surface area (Å²) < 4.78 is 13.6. The van der Waals surface area contributed by atoms with Gasteiger partial charge in [-0.15, -0.1) is 0 Å². The van der Waals surface area contributed by atoms with E-state index in [0.29, 0.717) is 22.9 Å². The summed E-state index contributed by atoms with van der Waals surface area (Å²) in [5.74, 6) is 0.543. The highest BCUT2D eigenvalue weighted by atomic mass is 19.1. The Labute approximate surface area is 116 Å². The molecule has 104 valence electrons. The lowest BCUT2D eigenvalue weighted by Crippen LogP contribution is -2.12. The maximum atomic E-state index is 13.6. The van der Waals surface area contributed by atoms with E-state index < -0.39 is 0 Å². The van der Waals surface area contributed by atoms with Gasteiger partial charge in [-0.2, -0.15) is 0 Å². The van der Waals surface area contributed by atoms with Crippen LogP contribution in [0.3, 0.4) is 0 Å². The van der Waals surface area contributed by atoms with Crippen molar-refractivity contribution >= 4 is 0 Å². The lowest BCUT2D eigenvalue weighted by atomic mass is 10.0. The van der Waals surface area contributed by atoms with Gasteiger partial charge < -0.3 is 4.98 Å². The molecule has 20 heavy (non-hydrogen) atoms. The minimum absolute atomic E-state index is 0.169. The number of rotatable bonds is 2. The number of halogens is 1. The van der Waals surface area contributed by atoms with E-state index in [-0.39, 0.29) is 11.4 Å². The number of aromatic nitrogens is 2. The average molecular weight is 272 g/mol. The Morgan fingerprint density at radius 2 is 2.00 bits per heavy atom. The molecule has 3 rings (SSSR count). The Kier molecular flexibility index (Phi) is 3.38. The van der Waals surface area contributed by atoms with Gasteiger partial charge in [0, 0.05) is 17.5 Å². The quantitative estimate of drug-likeness (QED) is 0.908. The van der Waals surface area contributed by atoms with Crippen LogP contribution < -0.4 is 5.56 Å². The molecule has 1 N–H and O–H groups in total. The number of aryl methyl sites for hydroxylation is 1. The van der Waals surface area contributed by atoms with Crippen molar-refractivity contribution in [3.8, 4) is 11.4 Å². The first-order valence-corrected chi connectivity index (χ1v) is 7.01. The zero-order chi connectivity index (χ0) is 14.1. The molecule has 0 atom stereocenters. The molecular formula is C16H17FN2O. The molecule has 0 saturated heterocycles. The minimum Gasteiger partial charge on any atom is -0.307 e. The predicted molar refractivity (Wildman–Crippen MR) is 76.2 cm³/mol. The second-order valence-corrected chi connectivity index (χ2v) is 5.46. The van der Waals surface area contributed by atoms with Crippen LogP contribution in [0.4, 0.5) is 4.39 Å². The zero-order valence-corrected chi connectivity index (χ0v) is 11.4. The Bertz CT molecular complexity index is 687. The molecule has 1 aromatic heterocycles. The molecule has 1 saturated carbocycles. The molecule has 4 heteroatoms. The molecule has 0 unspecified atom stereocenters. The van der Waals surface area contributed by atoms with E-state index in [1.807, 2.05) is 0 Å². The summed E-state index contributed by atoms with van der Waals surface area (Å²) in [4.78, 5) is 19.0. The number of hydrogen-bond donors (Lipinski definition) is 1. The summed E-state index contributed by atoms with van der Waals surface area (Å²) in [5.41, 5.74) is 1.87. The van der Waals surface area contributed by atoms with Gasteiger partial charge in [-0.05, 0) is 31.4 Å². The Morgan fingerprint density at radius 3 is 2.70 bits per heavy atom. The molecule has 0 aliphatic heterocycles. The molecular weight excluding hydrogens is 255 g/mol. The van der Waals surface area contributed by atoms with Gasteiger partial charge in [-0.1, -0.05) is 25.0 Å². The molecule has 0 spiro atoms. The first-order chi connectivity index (χ1) is 9.63. The maximum Gasteiger partial charge on any atom is 0.251 e. The monoisotopic (exact) mass is 272 g/mol. The van der Waals surface area contributed by atoms with E-state index in [1.54, 1.807) is 25.1 Å². The summed E-state index contributed by atoms with van der Waals surface area (Å²) >= 11 is 0. The first kappa shape index (κ1) is 13.0. The van der Waals surface area contributed by atoms with Gasteiger partial charge >= 0.3 is 0 Å². The van der Waals surface area contributed by atoms with Gasteiger partial charge in [0.1, 0.15) is 11.6 Å². The number of benzene rings is 1. The standard InChI is InChI=1S/C16H17FN2O/c1-10-6-7-12(8-13(10)17)16-18-14(9-15(20)19-16)11-4-2-3-5-11/h6-9,11H,2-5H2,1H3,(H,18,19,20). The van der Waals surface area contributed by atoms with Crippen molar-refractivity contribution in [1.29, 1.82) is 0 Å². The molecule has 1 aliphatic rings. The van der Waals surface area contributed by atoms with Crippen LogP contribution in [0.2, 0.25) is 0 Å². The molecule has 3 nitrogen and oxygen atoms in total. The van der Waals surface area contributed by atoms with Gasteiger partial charge in [-0.3, -0.25) is 4.79 Å². The largest absolute Gasteiger partial charge is 0.307 e. The van der Waals surface area contributed by atoms with E-state index >= 15 is 0 Å². The number of nitrogens with one attached hydrogen (secondary N) is 1. The fraction of sp³-hybridized carbons (Fsp3) is 0.375. The lowest BCUT2D eigenvalue weighted by molar-refractivity contribution is 0.618. The van der Waals surface area contributed by atoms with E-state index in [4.69, 9.17) is 0 Å². The first-order valence-electron chi connectivity index (χ1n) is 7.01. The van der Waals surface area contributed by atoms with Crippen LogP contribution >= 0.6 is 0 Å². The topological polar surface area (TPSA) is 45.8 Å². The van der Waals surface area contributed by atoms with E-state index in [2.05, 4.69) is 9.97 Å². The van der Waals surface area contributed by atoms with Crippen molar-refractivity contribution in [2.75, 3.05) is 0 Å². The van der Waals surface area contributed by atoms with Crippen LogP contribution in [0.25, 0.3) is 11.4 Å². The molecule has 0 radical (unpaired) electrons. The smallest absolute Gasteiger partial charge is 0.251 e. The van der Waals surface area contributed by atoms with Gasteiger partial charge in [0.05, 0.1) is 5.69 Å². The van der Waals surface area contributed by atoms with Crippen LogP contribution in [0.1, 0.15) is 42.9 Å². The number of H-pyrrole nitrogens is 1. The van der Waals surface area contributed by atoms with Crippen LogP contribution in [0, 0.1) is 12.7 Å². The van der Waals surface area contributed by atoms with Crippen molar-refractivity contribution in [2.45, 2.75) is 38.5 Å². The Balaban J connectivity index is 2.04. The highest BCUT2D eigenvalue weighted by Crippen LogP contribution is 2.33. The third-order valence-electron chi connectivity index (χ3n) is 3.98. The van der Waals surface area contributed by atoms with Gasteiger partial charge in [0.15, 0.2) is 0 Å². The summed E-state index contributed by atoms with van der Waals surface area (Å²) in [6.45, 7) is 1.71. The number of hydrogen-bond acceptors (Lipinski definition) is 2. The molecule has 2 aromatic rings. The van der Waals surface area contributed by atoms with Gasteiger partial charge in [0.25, 0.3) is 5.56 Å². The van der Waals surface area contributed by atoms with Crippen molar-refractivity contribution in [3.63, 3.8) is 0 Å². The summed E-state index contributed by atoms with van der Waals surface area (Å²) in [6.07, 6.45) is 4.54. The molecule has 0 amide bonds. The number of aromatic amines is 1. The van der Waals surface area contributed by atoms with Crippen LogP contribution in [0.15, 0.2) is 29.1 Å². The van der Waals surface area contributed by atoms with Gasteiger partial charge in [0.2, 0.25) is 0 Å².